The summed E-state index contributed by atoms with van der Waals surface area (Å²) in [7, 11) is 0. The second kappa shape index (κ2) is 10.9. The lowest BCUT2D eigenvalue weighted by Gasteiger charge is -2.43. The van der Waals surface area contributed by atoms with Crippen molar-refractivity contribution in [3.8, 4) is 0 Å². The first-order valence-electron chi connectivity index (χ1n) is 18.8. The Morgan fingerprint density at radius 1 is 0.558 bits per heavy atom. The summed E-state index contributed by atoms with van der Waals surface area (Å²) in [6.45, 7) is 19.0. The summed E-state index contributed by atoms with van der Waals surface area (Å²) in [4.78, 5) is 5.24. The van der Waals surface area contributed by atoms with Crippen LogP contribution in [0.4, 0.5) is 34.1 Å². The molecule has 0 unspecified atom stereocenters. The van der Waals surface area contributed by atoms with Gasteiger partial charge >= 0.3 is 0 Å². The first-order chi connectivity index (χ1) is 24.8. The molecule has 258 valence electrons. The quantitative estimate of drug-likeness (QED) is 0.165. The van der Waals surface area contributed by atoms with Gasteiger partial charge in [-0.05, 0) is 111 Å². The molecule has 52 heavy (non-hydrogen) atoms. The van der Waals surface area contributed by atoms with Crippen LogP contribution in [0.2, 0.25) is 0 Å². The fraction of sp³-hybridized carbons (Fsp3) is 0.277. The van der Waals surface area contributed by atoms with Crippen molar-refractivity contribution in [2.45, 2.75) is 79.1 Å². The van der Waals surface area contributed by atoms with Crippen LogP contribution in [0.1, 0.15) is 77.6 Å². The summed E-state index contributed by atoms with van der Waals surface area (Å²) < 4.78 is 5.68. The molecule has 0 saturated carbocycles. The topological polar surface area (TPSA) is 6.48 Å². The molecule has 2 aliphatic heterocycles. The molecule has 5 heteroatoms. The van der Waals surface area contributed by atoms with Crippen LogP contribution < -0.4 is 24.8 Å². The van der Waals surface area contributed by atoms with Crippen LogP contribution in [0.15, 0.2) is 103 Å². The van der Waals surface area contributed by atoms with E-state index in [1.54, 1.807) is 0 Å². The molecule has 0 fully saturated rings. The number of rotatable bonds is 2. The van der Waals surface area contributed by atoms with Crippen LogP contribution in [0, 0.1) is 5.41 Å². The molecule has 0 spiro atoms. The van der Waals surface area contributed by atoms with E-state index in [1.165, 1.54) is 91.6 Å². The second-order valence-electron chi connectivity index (χ2n) is 18.2. The van der Waals surface area contributed by atoms with Crippen molar-refractivity contribution >= 4 is 98.7 Å². The lowest BCUT2D eigenvalue weighted by molar-refractivity contribution is 0.392. The summed E-state index contributed by atoms with van der Waals surface area (Å²) in [6.07, 6.45) is 2.28. The third-order valence-electron chi connectivity index (χ3n) is 11.7. The van der Waals surface area contributed by atoms with Crippen molar-refractivity contribution in [1.29, 1.82) is 0 Å². The maximum Gasteiger partial charge on any atom is 0.277 e. The minimum atomic E-state index is -0.0501. The number of hydrogen-bond acceptors (Lipinski definition) is 4. The summed E-state index contributed by atoms with van der Waals surface area (Å²) >= 11 is 4.03. The first kappa shape index (κ1) is 32.3. The first-order valence-corrected chi connectivity index (χ1v) is 20.4. The standard InChI is InChI=1S/C47H45BN2S2/c1-45(2,3)30-18-20-33(21-19-30)50-37-25-31(46(4,5)6)24-36-40(37)48(44-42(50)35-22-28-26-47(7,8)27-29(28)23-39(35)52-44)43-41(34-16-12-13-17-38(34)51-43)49(36)32-14-10-9-11-15-32/h9-25H,26-27H2,1-8H3. The minimum Gasteiger partial charge on any atom is -0.310 e. The highest BCUT2D eigenvalue weighted by Gasteiger charge is 2.47. The number of benzene rings is 5. The largest absolute Gasteiger partial charge is 0.310 e. The Bertz CT molecular complexity index is 2580. The van der Waals surface area contributed by atoms with Crippen LogP contribution in [-0.4, -0.2) is 6.71 Å². The second-order valence-corrected chi connectivity index (χ2v) is 20.3. The number of thiophene rings is 2. The fourth-order valence-corrected chi connectivity index (χ4v) is 11.9. The molecule has 3 aliphatic rings. The van der Waals surface area contributed by atoms with E-state index in [-0.39, 0.29) is 17.5 Å². The molecule has 0 bridgehead atoms. The van der Waals surface area contributed by atoms with Gasteiger partial charge in [-0.3, -0.25) is 0 Å². The van der Waals surface area contributed by atoms with Crippen LogP contribution in [0.3, 0.4) is 0 Å². The van der Waals surface area contributed by atoms with Crippen LogP contribution in [0.5, 0.6) is 0 Å². The fourth-order valence-electron chi connectivity index (χ4n) is 9.13. The Morgan fingerprint density at radius 3 is 1.73 bits per heavy atom. The third-order valence-corrected chi connectivity index (χ3v) is 14.1. The molecule has 0 radical (unpaired) electrons. The van der Waals surface area contributed by atoms with Crippen molar-refractivity contribution in [3.63, 3.8) is 0 Å². The summed E-state index contributed by atoms with van der Waals surface area (Å²) in [5.74, 6) is 0. The predicted octanol–water partition coefficient (Wildman–Crippen LogP) is 11.9. The minimum absolute atomic E-state index is 0.0501. The van der Waals surface area contributed by atoms with Crippen LogP contribution >= 0.6 is 22.7 Å². The molecular formula is C47H45BN2S2. The molecule has 2 nitrogen and oxygen atoms in total. The van der Waals surface area contributed by atoms with Gasteiger partial charge in [-0.15, -0.1) is 22.7 Å². The molecule has 0 amide bonds. The Morgan fingerprint density at radius 2 is 1.10 bits per heavy atom. The Hall–Kier alpha value is -4.32. The maximum atomic E-state index is 2.65. The highest BCUT2D eigenvalue weighted by atomic mass is 32.1. The normalized spacial score (nSPS) is 16.0. The average molecular weight is 713 g/mol. The summed E-state index contributed by atoms with van der Waals surface area (Å²) in [5, 5.41) is 2.74. The van der Waals surface area contributed by atoms with Crippen molar-refractivity contribution < 1.29 is 0 Å². The lowest BCUT2D eigenvalue weighted by atomic mass is 9.39. The van der Waals surface area contributed by atoms with Gasteiger partial charge in [0.05, 0.1) is 11.4 Å². The van der Waals surface area contributed by atoms with Gasteiger partial charge in [-0.25, -0.2) is 0 Å². The molecular weight excluding hydrogens is 667 g/mol. The SMILES string of the molecule is CC1(C)Cc2cc3sc4c(c3cc2C1)N(c1ccc(C(C)(C)C)cc1)c1cc(C(C)(C)C)cc2c1B4c1sc3ccccc3c1N2c1ccccc1. The maximum absolute atomic E-state index is 2.65. The van der Waals surface area contributed by atoms with E-state index < -0.39 is 0 Å². The van der Waals surface area contributed by atoms with Gasteiger partial charge in [0.25, 0.3) is 6.71 Å². The highest BCUT2D eigenvalue weighted by Crippen LogP contribution is 2.52. The van der Waals surface area contributed by atoms with Gasteiger partial charge in [0, 0.05) is 52.5 Å². The number of para-hydroxylation sites is 1. The van der Waals surface area contributed by atoms with Crippen molar-refractivity contribution in [1.82, 2.24) is 0 Å². The molecule has 5 aromatic carbocycles. The number of anilines is 6. The smallest absolute Gasteiger partial charge is 0.277 e. The Balaban J connectivity index is 1.35. The summed E-state index contributed by atoms with van der Waals surface area (Å²) in [5.41, 5.74) is 15.3. The zero-order valence-corrected chi connectivity index (χ0v) is 33.2. The zero-order chi connectivity index (χ0) is 35.9. The zero-order valence-electron chi connectivity index (χ0n) is 31.5. The molecule has 0 saturated heterocycles. The monoisotopic (exact) mass is 712 g/mol. The van der Waals surface area contributed by atoms with E-state index in [9.17, 15) is 0 Å². The van der Waals surface area contributed by atoms with E-state index in [0.717, 1.165) is 12.8 Å². The molecule has 10 rings (SSSR count). The van der Waals surface area contributed by atoms with Crippen LogP contribution in [-0.2, 0) is 23.7 Å². The number of hydrogen-bond donors (Lipinski definition) is 0. The molecule has 4 heterocycles. The Labute approximate surface area is 316 Å². The van der Waals surface area contributed by atoms with E-state index in [0.29, 0.717) is 5.41 Å². The lowest BCUT2D eigenvalue weighted by Crippen LogP contribution is -2.59. The van der Waals surface area contributed by atoms with Gasteiger partial charge < -0.3 is 9.80 Å². The van der Waals surface area contributed by atoms with Crippen molar-refractivity contribution in [2.75, 3.05) is 9.80 Å². The molecule has 2 aromatic heterocycles. The molecule has 7 aromatic rings. The molecule has 0 atom stereocenters. The highest BCUT2D eigenvalue weighted by molar-refractivity contribution is 7.40. The van der Waals surface area contributed by atoms with E-state index in [1.807, 2.05) is 22.7 Å². The summed E-state index contributed by atoms with van der Waals surface area (Å²) in [6, 6.07) is 39.8. The van der Waals surface area contributed by atoms with Gasteiger partial charge in [0.2, 0.25) is 0 Å². The van der Waals surface area contributed by atoms with Gasteiger partial charge in [0.15, 0.2) is 0 Å². The number of fused-ring (bicyclic) bond motifs is 9. The average Bonchev–Trinajstić information content (AvgIpc) is 3.76. The van der Waals surface area contributed by atoms with Gasteiger partial charge in [0.1, 0.15) is 0 Å². The number of nitrogens with zero attached hydrogens (tertiary/aromatic N) is 2. The molecule has 1 aliphatic carbocycles. The van der Waals surface area contributed by atoms with Crippen molar-refractivity contribution in [3.05, 3.63) is 125 Å². The predicted molar refractivity (Wildman–Crippen MR) is 230 cm³/mol. The van der Waals surface area contributed by atoms with Gasteiger partial charge in [-0.1, -0.05) is 104 Å². The third kappa shape index (κ3) is 4.74. The Kier molecular flexibility index (Phi) is 6.76. The van der Waals surface area contributed by atoms with Crippen molar-refractivity contribution in [2.24, 2.45) is 5.41 Å². The molecule has 0 N–H and O–H groups in total. The van der Waals surface area contributed by atoms with E-state index in [4.69, 9.17) is 0 Å². The van der Waals surface area contributed by atoms with Crippen LogP contribution in [0.25, 0.3) is 20.2 Å². The van der Waals surface area contributed by atoms with E-state index in [2.05, 4.69) is 168 Å². The van der Waals surface area contributed by atoms with E-state index >= 15 is 0 Å². The van der Waals surface area contributed by atoms with Gasteiger partial charge in [-0.2, -0.15) is 0 Å².